The number of ether oxygens (including phenoxy) is 1. The highest BCUT2D eigenvalue weighted by molar-refractivity contribution is 7.93. The van der Waals surface area contributed by atoms with Crippen LogP contribution in [0.4, 0.5) is 15.8 Å². The van der Waals surface area contributed by atoms with Gasteiger partial charge in [0.1, 0.15) is 11.6 Å². The molecule has 8 heteroatoms. The Morgan fingerprint density at radius 2 is 2.04 bits per heavy atom. The summed E-state index contributed by atoms with van der Waals surface area (Å²) in [7, 11) is -2.64. The highest BCUT2D eigenvalue weighted by Crippen LogP contribution is 2.32. The zero-order chi connectivity index (χ0) is 17.3. The van der Waals surface area contributed by atoms with Gasteiger partial charge in [-0.3, -0.25) is 9.71 Å². The number of nitrogen functional groups attached to an aromatic ring is 1. The summed E-state index contributed by atoms with van der Waals surface area (Å²) < 4.78 is 46.4. The van der Waals surface area contributed by atoms with E-state index in [1.54, 1.807) is 24.4 Å². The molecule has 0 atom stereocenters. The number of halogens is 1. The van der Waals surface area contributed by atoms with Gasteiger partial charge in [-0.1, -0.05) is 12.1 Å². The molecule has 3 aromatic rings. The molecular formula is C16H14FN3O3S. The van der Waals surface area contributed by atoms with E-state index < -0.39 is 15.8 Å². The van der Waals surface area contributed by atoms with Crippen molar-refractivity contribution < 1.29 is 17.5 Å². The van der Waals surface area contributed by atoms with Crippen molar-refractivity contribution in [2.24, 2.45) is 0 Å². The average Bonchev–Trinajstić information content (AvgIpc) is 2.57. The minimum atomic E-state index is -3.95. The molecule has 0 unspecified atom stereocenters. The van der Waals surface area contributed by atoms with Crippen molar-refractivity contribution in [1.29, 1.82) is 0 Å². The molecule has 0 saturated carbocycles. The van der Waals surface area contributed by atoms with Crippen LogP contribution in [0.25, 0.3) is 10.8 Å². The first-order valence-corrected chi connectivity index (χ1v) is 8.39. The van der Waals surface area contributed by atoms with Crippen molar-refractivity contribution in [2.45, 2.75) is 4.90 Å². The number of fused-ring (bicyclic) bond motifs is 1. The van der Waals surface area contributed by atoms with E-state index in [1.807, 2.05) is 0 Å². The maximum Gasteiger partial charge on any atom is 0.262 e. The highest BCUT2D eigenvalue weighted by Gasteiger charge is 2.20. The molecule has 3 N–H and O–H groups in total. The number of hydrogen-bond acceptors (Lipinski definition) is 5. The van der Waals surface area contributed by atoms with E-state index in [0.717, 1.165) is 11.5 Å². The lowest BCUT2D eigenvalue weighted by molar-refractivity contribution is 0.413. The summed E-state index contributed by atoms with van der Waals surface area (Å²) in [4.78, 5) is 4.02. The summed E-state index contributed by atoms with van der Waals surface area (Å²) in [6.45, 7) is 0. The molecule has 0 aliphatic carbocycles. The Kier molecular flexibility index (Phi) is 3.98. The van der Waals surface area contributed by atoms with Gasteiger partial charge in [-0.25, -0.2) is 12.8 Å². The fourth-order valence-corrected chi connectivity index (χ4v) is 3.62. The monoisotopic (exact) mass is 347 g/mol. The lowest BCUT2D eigenvalue weighted by Crippen LogP contribution is -2.14. The number of nitrogens with one attached hydrogen (secondary N) is 1. The van der Waals surface area contributed by atoms with Crippen molar-refractivity contribution in [3.05, 3.63) is 54.6 Å². The van der Waals surface area contributed by atoms with Crippen molar-refractivity contribution in [1.82, 2.24) is 4.98 Å². The SMILES string of the molecule is COc1cc(F)c(N)cc1NS(=O)(=O)c1cccc2ccncc12. The number of aromatic nitrogens is 1. The Balaban J connectivity index is 2.11. The number of benzene rings is 2. The van der Waals surface area contributed by atoms with Crippen LogP contribution in [0.1, 0.15) is 0 Å². The van der Waals surface area contributed by atoms with Crippen LogP contribution in [0.15, 0.2) is 53.7 Å². The minimum Gasteiger partial charge on any atom is -0.494 e. The number of nitrogens with two attached hydrogens (primary N) is 1. The molecule has 0 spiro atoms. The lowest BCUT2D eigenvalue weighted by atomic mass is 10.2. The largest absolute Gasteiger partial charge is 0.494 e. The van der Waals surface area contributed by atoms with Gasteiger partial charge in [0.25, 0.3) is 10.0 Å². The topological polar surface area (TPSA) is 94.3 Å². The van der Waals surface area contributed by atoms with E-state index in [9.17, 15) is 12.8 Å². The van der Waals surface area contributed by atoms with Crippen molar-refractivity contribution in [3.63, 3.8) is 0 Å². The molecule has 2 aromatic carbocycles. The molecule has 0 saturated heterocycles. The quantitative estimate of drug-likeness (QED) is 0.708. The van der Waals surface area contributed by atoms with Crippen molar-refractivity contribution in [3.8, 4) is 5.75 Å². The smallest absolute Gasteiger partial charge is 0.262 e. The fourth-order valence-electron chi connectivity index (χ4n) is 2.34. The molecule has 3 rings (SSSR count). The third-order valence-corrected chi connectivity index (χ3v) is 4.92. The second-order valence-corrected chi connectivity index (χ2v) is 6.68. The van der Waals surface area contributed by atoms with Crippen LogP contribution in [0.5, 0.6) is 5.75 Å². The Morgan fingerprint density at radius 1 is 1.25 bits per heavy atom. The maximum absolute atomic E-state index is 13.5. The Hall–Kier alpha value is -2.87. The zero-order valence-corrected chi connectivity index (χ0v) is 13.5. The van der Waals surface area contributed by atoms with Gasteiger partial charge in [-0.05, 0) is 23.6 Å². The Morgan fingerprint density at radius 3 is 2.79 bits per heavy atom. The second-order valence-electron chi connectivity index (χ2n) is 5.03. The second kappa shape index (κ2) is 5.97. The van der Waals surface area contributed by atoms with Crippen LogP contribution in [0.2, 0.25) is 0 Å². The molecule has 1 heterocycles. The number of methoxy groups -OCH3 is 1. The first-order valence-electron chi connectivity index (χ1n) is 6.91. The van der Waals surface area contributed by atoms with Gasteiger partial charge in [0, 0.05) is 23.8 Å². The van der Waals surface area contributed by atoms with Crippen molar-refractivity contribution in [2.75, 3.05) is 17.6 Å². The Labute approximate surface area is 138 Å². The average molecular weight is 347 g/mol. The first-order chi connectivity index (χ1) is 11.4. The summed E-state index contributed by atoms with van der Waals surface area (Å²) >= 11 is 0. The van der Waals surface area contributed by atoms with Gasteiger partial charge in [0.05, 0.1) is 23.4 Å². The van der Waals surface area contributed by atoms with Crippen LogP contribution in [-0.2, 0) is 10.0 Å². The molecule has 0 amide bonds. The lowest BCUT2D eigenvalue weighted by Gasteiger charge is -2.14. The number of rotatable bonds is 4. The molecule has 0 aliphatic rings. The number of pyridine rings is 1. The Bertz CT molecular complexity index is 1020. The molecule has 6 nitrogen and oxygen atoms in total. The van der Waals surface area contributed by atoms with E-state index in [1.165, 1.54) is 25.4 Å². The first kappa shape index (κ1) is 16.0. The van der Waals surface area contributed by atoms with Crippen LogP contribution in [-0.4, -0.2) is 20.5 Å². The van der Waals surface area contributed by atoms with Gasteiger partial charge in [0.15, 0.2) is 0 Å². The van der Waals surface area contributed by atoms with Gasteiger partial charge in [-0.2, -0.15) is 0 Å². The molecule has 24 heavy (non-hydrogen) atoms. The van der Waals surface area contributed by atoms with Crippen LogP contribution < -0.4 is 15.2 Å². The number of sulfonamides is 1. The van der Waals surface area contributed by atoms with Gasteiger partial charge >= 0.3 is 0 Å². The molecule has 0 bridgehead atoms. The van der Waals surface area contributed by atoms with Crippen molar-refractivity contribution >= 4 is 32.2 Å². The highest BCUT2D eigenvalue weighted by atomic mass is 32.2. The fraction of sp³-hybridized carbons (Fsp3) is 0.0625. The van der Waals surface area contributed by atoms with E-state index in [-0.39, 0.29) is 22.0 Å². The molecule has 0 fully saturated rings. The van der Waals surface area contributed by atoms with Gasteiger partial charge in [0.2, 0.25) is 0 Å². The molecule has 124 valence electrons. The standard InChI is InChI=1S/C16H14FN3O3S/c1-23-15-7-12(17)13(18)8-14(15)20-24(21,22)16-4-2-3-10-5-6-19-9-11(10)16/h2-9,20H,18H2,1H3. The van der Waals surface area contributed by atoms with E-state index in [4.69, 9.17) is 10.5 Å². The third-order valence-electron chi connectivity index (χ3n) is 3.50. The van der Waals surface area contributed by atoms with E-state index in [2.05, 4.69) is 9.71 Å². The molecule has 0 aliphatic heterocycles. The predicted octanol–water partition coefficient (Wildman–Crippen LogP) is 2.77. The number of anilines is 2. The summed E-state index contributed by atoms with van der Waals surface area (Å²) in [5, 5.41) is 1.21. The van der Waals surface area contributed by atoms with Crippen LogP contribution in [0, 0.1) is 5.82 Å². The zero-order valence-electron chi connectivity index (χ0n) is 12.7. The minimum absolute atomic E-state index is 0.0311. The summed E-state index contributed by atoms with van der Waals surface area (Å²) in [5.41, 5.74) is 5.38. The normalized spacial score (nSPS) is 11.4. The third kappa shape index (κ3) is 2.83. The van der Waals surface area contributed by atoms with Gasteiger partial charge in [-0.15, -0.1) is 0 Å². The molecule has 1 aromatic heterocycles. The number of hydrogen-bond donors (Lipinski definition) is 2. The number of nitrogens with zero attached hydrogens (tertiary/aromatic N) is 1. The molecule has 0 radical (unpaired) electrons. The molecular weight excluding hydrogens is 333 g/mol. The van der Waals surface area contributed by atoms with Crippen LogP contribution >= 0.6 is 0 Å². The van der Waals surface area contributed by atoms with E-state index in [0.29, 0.717) is 5.39 Å². The summed E-state index contributed by atoms with van der Waals surface area (Å²) in [6, 6.07) is 8.79. The maximum atomic E-state index is 13.5. The van der Waals surface area contributed by atoms with E-state index >= 15 is 0 Å². The summed E-state index contributed by atoms with van der Waals surface area (Å²) in [5.74, 6) is -0.659. The van der Waals surface area contributed by atoms with Gasteiger partial charge < -0.3 is 10.5 Å². The predicted molar refractivity (Wildman–Crippen MR) is 89.9 cm³/mol. The summed E-state index contributed by atoms with van der Waals surface area (Å²) in [6.07, 6.45) is 3.05. The van der Waals surface area contributed by atoms with Crippen LogP contribution in [0.3, 0.4) is 0 Å².